The number of hydrogen-bond donors (Lipinski definition) is 0. The first-order valence-corrected chi connectivity index (χ1v) is 7.10. The Bertz CT molecular complexity index is 452. The van der Waals surface area contributed by atoms with Crippen molar-refractivity contribution in [2.45, 2.75) is 52.5 Å². The molecule has 1 aromatic rings. The third-order valence-electron chi connectivity index (χ3n) is 3.75. The first kappa shape index (κ1) is 12.6. The number of nitrogens with zero attached hydrogens (tertiary/aromatic N) is 3. The lowest BCUT2D eigenvalue weighted by atomic mass is 9.67. The van der Waals surface area contributed by atoms with Gasteiger partial charge in [0.15, 0.2) is 0 Å². The number of nitriles is 1. The van der Waals surface area contributed by atoms with Crippen LogP contribution in [0, 0.1) is 16.7 Å². The smallest absolute Gasteiger partial charge is 0.0766 e. The Morgan fingerprint density at radius 2 is 2.18 bits per heavy atom. The molecule has 0 aromatic carbocycles. The lowest BCUT2D eigenvalue weighted by Crippen LogP contribution is -2.31. The van der Waals surface area contributed by atoms with Crippen molar-refractivity contribution in [2.75, 3.05) is 0 Å². The third-order valence-corrected chi connectivity index (χ3v) is 4.66. The van der Waals surface area contributed by atoms with Crippen molar-refractivity contribution in [1.29, 1.82) is 5.26 Å². The predicted molar refractivity (Wildman–Crippen MR) is 70.6 cm³/mol. The average Bonchev–Trinajstić information content (AvgIpc) is 2.60. The summed E-state index contributed by atoms with van der Waals surface area (Å²) < 4.78 is 3.16. The topological polar surface area (TPSA) is 41.6 Å². The number of aromatic nitrogens is 2. The van der Waals surface area contributed by atoms with Gasteiger partial charge >= 0.3 is 0 Å². The van der Waals surface area contributed by atoms with E-state index in [1.807, 2.05) is 4.68 Å². The molecule has 92 valence electrons. The van der Waals surface area contributed by atoms with E-state index in [1.165, 1.54) is 12.1 Å². The number of halogens is 1. The van der Waals surface area contributed by atoms with Crippen molar-refractivity contribution in [3.8, 4) is 6.07 Å². The highest BCUT2D eigenvalue weighted by Crippen LogP contribution is 2.44. The van der Waals surface area contributed by atoms with Gasteiger partial charge in [0.2, 0.25) is 0 Å². The fourth-order valence-corrected chi connectivity index (χ4v) is 3.14. The molecular weight excluding hydrogens is 278 g/mol. The zero-order valence-corrected chi connectivity index (χ0v) is 12.0. The van der Waals surface area contributed by atoms with Crippen LogP contribution in [0.2, 0.25) is 0 Å². The number of rotatable bonds is 4. The fraction of sp³-hybridized carbons (Fsp3) is 0.692. The van der Waals surface area contributed by atoms with E-state index in [0.29, 0.717) is 0 Å². The van der Waals surface area contributed by atoms with Gasteiger partial charge in [-0.25, -0.2) is 0 Å². The van der Waals surface area contributed by atoms with Crippen molar-refractivity contribution < 1.29 is 0 Å². The maximum Gasteiger partial charge on any atom is 0.0766 e. The van der Waals surface area contributed by atoms with Gasteiger partial charge in [-0.1, -0.05) is 13.3 Å². The summed E-state index contributed by atoms with van der Waals surface area (Å²) >= 11 is 3.65. The van der Waals surface area contributed by atoms with E-state index in [9.17, 15) is 5.26 Å². The largest absolute Gasteiger partial charge is 0.268 e. The molecule has 0 N–H and O–H groups in total. The maximum absolute atomic E-state index is 9.32. The molecule has 0 aliphatic heterocycles. The third kappa shape index (κ3) is 2.13. The van der Waals surface area contributed by atoms with Crippen LogP contribution in [-0.4, -0.2) is 9.78 Å². The average molecular weight is 296 g/mol. The second-order valence-electron chi connectivity index (χ2n) is 4.80. The molecule has 1 heterocycles. The van der Waals surface area contributed by atoms with Gasteiger partial charge in [-0.15, -0.1) is 0 Å². The van der Waals surface area contributed by atoms with Crippen LogP contribution >= 0.6 is 15.9 Å². The van der Waals surface area contributed by atoms with E-state index in [-0.39, 0.29) is 5.41 Å². The van der Waals surface area contributed by atoms with Crippen LogP contribution in [0.3, 0.4) is 0 Å². The van der Waals surface area contributed by atoms with Crippen LogP contribution in [0.15, 0.2) is 4.47 Å². The molecule has 0 radical (unpaired) electrons. The Hall–Kier alpha value is -0.820. The minimum atomic E-state index is -0.125. The SMILES string of the molecule is CCc1nn(CC)c(CC2(C#N)CCC2)c1Br. The van der Waals surface area contributed by atoms with Crippen molar-refractivity contribution >= 4 is 15.9 Å². The van der Waals surface area contributed by atoms with Crippen molar-refractivity contribution in [3.63, 3.8) is 0 Å². The van der Waals surface area contributed by atoms with E-state index < -0.39 is 0 Å². The Morgan fingerprint density at radius 1 is 1.47 bits per heavy atom. The van der Waals surface area contributed by atoms with E-state index in [4.69, 9.17) is 0 Å². The summed E-state index contributed by atoms with van der Waals surface area (Å²) in [5, 5.41) is 13.9. The maximum atomic E-state index is 9.32. The van der Waals surface area contributed by atoms with Crippen molar-refractivity contribution in [2.24, 2.45) is 5.41 Å². The van der Waals surface area contributed by atoms with E-state index in [1.54, 1.807) is 0 Å². The van der Waals surface area contributed by atoms with Gasteiger partial charge in [-0.2, -0.15) is 10.4 Å². The predicted octanol–water partition coefficient (Wildman–Crippen LogP) is 3.46. The van der Waals surface area contributed by atoms with Crippen LogP contribution in [0.1, 0.15) is 44.5 Å². The second kappa shape index (κ2) is 4.81. The first-order chi connectivity index (χ1) is 8.15. The molecule has 0 spiro atoms. The zero-order valence-electron chi connectivity index (χ0n) is 10.5. The molecule has 1 aromatic heterocycles. The molecule has 0 amide bonds. The Labute approximate surface area is 111 Å². The van der Waals surface area contributed by atoms with Crippen LogP contribution in [-0.2, 0) is 19.4 Å². The van der Waals surface area contributed by atoms with Crippen molar-refractivity contribution in [3.05, 3.63) is 15.9 Å². The van der Waals surface area contributed by atoms with Crippen LogP contribution in [0.4, 0.5) is 0 Å². The molecule has 0 saturated heterocycles. The van der Waals surface area contributed by atoms with Gasteiger partial charge in [0.05, 0.1) is 27.3 Å². The molecule has 0 atom stereocenters. The van der Waals surface area contributed by atoms with E-state index in [0.717, 1.165) is 42.4 Å². The summed E-state index contributed by atoms with van der Waals surface area (Å²) in [7, 11) is 0. The fourth-order valence-electron chi connectivity index (χ4n) is 2.44. The summed E-state index contributed by atoms with van der Waals surface area (Å²) in [6.45, 7) is 5.08. The van der Waals surface area contributed by atoms with E-state index >= 15 is 0 Å². The highest BCUT2D eigenvalue weighted by molar-refractivity contribution is 9.10. The Balaban J connectivity index is 2.31. The van der Waals surface area contributed by atoms with Gasteiger partial charge in [0, 0.05) is 13.0 Å². The molecule has 17 heavy (non-hydrogen) atoms. The number of aryl methyl sites for hydroxylation is 2. The molecule has 1 fully saturated rings. The quantitative estimate of drug-likeness (QED) is 0.853. The molecular formula is C13H18BrN3. The van der Waals surface area contributed by atoms with Gasteiger partial charge in [-0.05, 0) is 42.1 Å². The van der Waals surface area contributed by atoms with Crippen LogP contribution < -0.4 is 0 Å². The molecule has 1 aliphatic carbocycles. The second-order valence-corrected chi connectivity index (χ2v) is 5.59. The van der Waals surface area contributed by atoms with Crippen LogP contribution in [0.25, 0.3) is 0 Å². The van der Waals surface area contributed by atoms with Gasteiger partial charge in [0.25, 0.3) is 0 Å². The minimum Gasteiger partial charge on any atom is -0.268 e. The summed E-state index contributed by atoms with van der Waals surface area (Å²) in [5.74, 6) is 0. The summed E-state index contributed by atoms with van der Waals surface area (Å²) in [4.78, 5) is 0. The highest BCUT2D eigenvalue weighted by atomic mass is 79.9. The summed E-state index contributed by atoms with van der Waals surface area (Å²) in [5.41, 5.74) is 2.18. The van der Waals surface area contributed by atoms with Crippen LogP contribution in [0.5, 0.6) is 0 Å². The van der Waals surface area contributed by atoms with E-state index in [2.05, 4.69) is 40.9 Å². The summed E-state index contributed by atoms with van der Waals surface area (Å²) in [6.07, 6.45) is 5.02. The van der Waals surface area contributed by atoms with Gasteiger partial charge in [-0.3, -0.25) is 4.68 Å². The highest BCUT2D eigenvalue weighted by Gasteiger charge is 2.39. The molecule has 4 heteroatoms. The normalized spacial score (nSPS) is 17.5. The van der Waals surface area contributed by atoms with Gasteiger partial charge in [0.1, 0.15) is 0 Å². The molecule has 1 aliphatic rings. The minimum absolute atomic E-state index is 0.125. The molecule has 2 rings (SSSR count). The molecule has 1 saturated carbocycles. The standard InChI is InChI=1S/C13H18BrN3/c1-3-10-12(14)11(17(4-2)16-10)8-13(9-15)6-5-7-13/h3-8H2,1-2H3. The number of hydrogen-bond acceptors (Lipinski definition) is 2. The lowest BCUT2D eigenvalue weighted by molar-refractivity contribution is 0.209. The first-order valence-electron chi connectivity index (χ1n) is 6.31. The monoisotopic (exact) mass is 295 g/mol. The summed E-state index contributed by atoms with van der Waals surface area (Å²) in [6, 6.07) is 2.51. The molecule has 0 unspecified atom stereocenters. The lowest BCUT2D eigenvalue weighted by Gasteiger charge is -2.35. The van der Waals surface area contributed by atoms with Gasteiger partial charge < -0.3 is 0 Å². The zero-order chi connectivity index (χ0) is 12.5. The van der Waals surface area contributed by atoms with Crippen molar-refractivity contribution in [1.82, 2.24) is 9.78 Å². The Morgan fingerprint density at radius 3 is 2.59 bits per heavy atom. The Kier molecular flexibility index (Phi) is 3.58. The molecule has 0 bridgehead atoms. The molecule has 3 nitrogen and oxygen atoms in total.